The Labute approximate surface area is 151 Å². The number of hydrogen-bond acceptors (Lipinski definition) is 7. The van der Waals surface area contributed by atoms with E-state index in [0.717, 1.165) is 22.6 Å². The Morgan fingerprint density at radius 3 is 2.58 bits per heavy atom. The quantitative estimate of drug-likeness (QED) is 0.461. The summed E-state index contributed by atoms with van der Waals surface area (Å²) in [6.07, 6.45) is 4.57. The van der Waals surface area contributed by atoms with Crippen molar-refractivity contribution >= 4 is 23.8 Å². The van der Waals surface area contributed by atoms with Crippen molar-refractivity contribution < 1.29 is 4.74 Å². The molecule has 2 aromatic heterocycles. The number of nitrogens with two attached hydrogens (primary N) is 2. The van der Waals surface area contributed by atoms with E-state index in [0.29, 0.717) is 24.0 Å². The van der Waals surface area contributed by atoms with Crippen LogP contribution in [0.15, 0.2) is 53.8 Å². The molecule has 0 bridgehead atoms. The van der Waals surface area contributed by atoms with Crippen LogP contribution in [0.3, 0.4) is 0 Å². The Kier molecular flexibility index (Phi) is 5.23. The van der Waals surface area contributed by atoms with Crippen molar-refractivity contribution in [2.75, 3.05) is 18.2 Å². The average molecular weight is 349 g/mol. The summed E-state index contributed by atoms with van der Waals surface area (Å²) in [4.78, 5) is 16.9. The molecular weight excluding hydrogens is 330 g/mol. The molecule has 0 amide bonds. The first-order valence-electron chi connectivity index (χ1n) is 7.89. The summed E-state index contributed by atoms with van der Waals surface area (Å²) in [6, 6.07) is 11.3. The van der Waals surface area contributed by atoms with Crippen LogP contribution in [0.25, 0.3) is 11.3 Å². The smallest absolute Gasteiger partial charge is 0.169 e. The van der Waals surface area contributed by atoms with E-state index in [1.807, 2.05) is 30.3 Å². The molecule has 0 atom stereocenters. The number of anilines is 2. The van der Waals surface area contributed by atoms with Gasteiger partial charge in [0.15, 0.2) is 17.5 Å². The number of ether oxygens (including phenoxy) is 1. The van der Waals surface area contributed by atoms with Crippen molar-refractivity contribution in [2.24, 2.45) is 10.7 Å². The number of methoxy groups -OCH3 is 1. The summed E-state index contributed by atoms with van der Waals surface area (Å²) in [6.45, 7) is 0.505. The zero-order valence-electron chi connectivity index (χ0n) is 14.3. The van der Waals surface area contributed by atoms with Crippen molar-refractivity contribution in [3.05, 3.63) is 54.4 Å². The van der Waals surface area contributed by atoms with E-state index in [9.17, 15) is 0 Å². The predicted octanol–water partition coefficient (Wildman–Crippen LogP) is 2.36. The highest BCUT2D eigenvalue weighted by Crippen LogP contribution is 2.23. The Balaban J connectivity index is 1.74. The van der Waals surface area contributed by atoms with Gasteiger partial charge in [0.2, 0.25) is 0 Å². The van der Waals surface area contributed by atoms with Crippen LogP contribution in [0.1, 0.15) is 5.56 Å². The number of hydrogen-bond donors (Lipinski definition) is 3. The minimum Gasteiger partial charge on any atom is -0.497 e. The van der Waals surface area contributed by atoms with Crippen molar-refractivity contribution in [3.8, 4) is 17.0 Å². The van der Waals surface area contributed by atoms with Crippen LogP contribution >= 0.6 is 0 Å². The summed E-state index contributed by atoms with van der Waals surface area (Å²) in [5, 5.41) is 3.19. The lowest BCUT2D eigenvalue weighted by molar-refractivity contribution is 0.415. The maximum absolute atomic E-state index is 5.94. The molecule has 0 aliphatic heterocycles. The fraction of sp³-hybridized carbons (Fsp3) is 0.111. The minimum atomic E-state index is 0.333. The second-order valence-electron chi connectivity index (χ2n) is 5.37. The molecule has 0 spiro atoms. The van der Waals surface area contributed by atoms with Gasteiger partial charge in [0.05, 0.1) is 25.3 Å². The molecule has 0 fully saturated rings. The lowest BCUT2D eigenvalue weighted by Crippen LogP contribution is -2.07. The van der Waals surface area contributed by atoms with Gasteiger partial charge in [-0.15, -0.1) is 0 Å². The third-order valence-corrected chi connectivity index (χ3v) is 3.66. The summed E-state index contributed by atoms with van der Waals surface area (Å²) < 4.78 is 5.17. The van der Waals surface area contributed by atoms with Gasteiger partial charge in [-0.2, -0.15) is 0 Å². The van der Waals surface area contributed by atoms with Gasteiger partial charge < -0.3 is 21.5 Å². The van der Waals surface area contributed by atoms with E-state index in [-0.39, 0.29) is 0 Å². The van der Waals surface area contributed by atoms with E-state index in [4.69, 9.17) is 16.2 Å². The van der Waals surface area contributed by atoms with Gasteiger partial charge in [-0.25, -0.2) is 19.9 Å². The zero-order chi connectivity index (χ0) is 18.4. The average Bonchev–Trinajstić information content (AvgIpc) is 2.69. The Morgan fingerprint density at radius 2 is 1.92 bits per heavy atom. The van der Waals surface area contributed by atoms with Crippen LogP contribution in [0.2, 0.25) is 0 Å². The van der Waals surface area contributed by atoms with Gasteiger partial charge in [-0.05, 0) is 35.9 Å². The molecule has 0 saturated heterocycles. The summed E-state index contributed by atoms with van der Waals surface area (Å²) >= 11 is 0. The van der Waals surface area contributed by atoms with Crippen molar-refractivity contribution in [1.82, 2.24) is 15.0 Å². The Morgan fingerprint density at radius 1 is 1.12 bits per heavy atom. The molecule has 0 saturated carbocycles. The van der Waals surface area contributed by atoms with Crippen molar-refractivity contribution in [1.29, 1.82) is 0 Å². The fourth-order valence-electron chi connectivity index (χ4n) is 2.29. The number of nitrogens with one attached hydrogen (secondary N) is 1. The molecule has 26 heavy (non-hydrogen) atoms. The molecular formula is C18H19N7O. The maximum Gasteiger partial charge on any atom is 0.169 e. The van der Waals surface area contributed by atoms with Gasteiger partial charge in [-0.3, -0.25) is 0 Å². The number of aromatic nitrogens is 3. The zero-order valence-corrected chi connectivity index (χ0v) is 14.3. The molecule has 3 rings (SSSR count). The molecule has 5 N–H and O–H groups in total. The molecule has 3 aromatic rings. The highest BCUT2D eigenvalue weighted by molar-refractivity contribution is 5.65. The first-order valence-corrected chi connectivity index (χ1v) is 7.89. The summed E-state index contributed by atoms with van der Waals surface area (Å²) in [7, 11) is 1.63. The van der Waals surface area contributed by atoms with Gasteiger partial charge in [0, 0.05) is 18.3 Å². The normalized spacial score (nSPS) is 10.8. The highest BCUT2D eigenvalue weighted by Gasteiger charge is 2.07. The van der Waals surface area contributed by atoms with Crippen LogP contribution in [-0.2, 0) is 6.54 Å². The molecule has 0 aliphatic rings. The van der Waals surface area contributed by atoms with Crippen LogP contribution < -0.4 is 21.5 Å². The van der Waals surface area contributed by atoms with Gasteiger partial charge in [-0.1, -0.05) is 6.07 Å². The number of aliphatic imine (C=N–C) groups is 1. The third kappa shape index (κ3) is 4.04. The lowest BCUT2D eigenvalue weighted by Gasteiger charge is -2.10. The number of nitrogens with zero attached hydrogens (tertiary/aromatic N) is 4. The molecule has 132 valence electrons. The summed E-state index contributed by atoms with van der Waals surface area (Å²) in [5.74, 6) is 2.18. The standard InChI is InChI=1S/C18H19N7O/c1-26-14-5-3-13(4-6-14)15-10-22-17(20)18(25-15)23-9-12-2-7-16(21-8-12)24-11-19/h2-8,10-11H,9H2,1H3,(H2,20,22)(H,23,25)(H2,19,21,24). The molecule has 8 heteroatoms. The molecule has 8 nitrogen and oxygen atoms in total. The Bertz CT molecular complexity index is 892. The second-order valence-corrected chi connectivity index (χ2v) is 5.37. The van der Waals surface area contributed by atoms with Crippen molar-refractivity contribution in [2.45, 2.75) is 6.54 Å². The molecule has 2 heterocycles. The first kappa shape index (κ1) is 17.2. The van der Waals surface area contributed by atoms with E-state index in [2.05, 4.69) is 25.3 Å². The first-order chi connectivity index (χ1) is 12.7. The molecule has 0 unspecified atom stereocenters. The van der Waals surface area contributed by atoms with E-state index < -0.39 is 0 Å². The topological polar surface area (TPSA) is 124 Å². The maximum atomic E-state index is 5.94. The number of nitrogen functional groups attached to an aromatic ring is 1. The van der Waals surface area contributed by atoms with Crippen LogP contribution in [0, 0.1) is 0 Å². The molecule has 0 aliphatic carbocycles. The monoisotopic (exact) mass is 349 g/mol. The fourth-order valence-corrected chi connectivity index (χ4v) is 2.29. The van der Waals surface area contributed by atoms with Gasteiger partial charge in [0.1, 0.15) is 5.75 Å². The summed E-state index contributed by atoms with van der Waals surface area (Å²) in [5.41, 5.74) is 13.8. The van der Waals surface area contributed by atoms with E-state index >= 15 is 0 Å². The van der Waals surface area contributed by atoms with Crippen LogP contribution in [-0.4, -0.2) is 28.4 Å². The number of rotatable bonds is 6. The van der Waals surface area contributed by atoms with E-state index in [1.54, 1.807) is 25.6 Å². The van der Waals surface area contributed by atoms with Crippen molar-refractivity contribution in [3.63, 3.8) is 0 Å². The minimum absolute atomic E-state index is 0.333. The largest absolute Gasteiger partial charge is 0.497 e. The molecule has 0 radical (unpaired) electrons. The Hall–Kier alpha value is -3.68. The third-order valence-electron chi connectivity index (χ3n) is 3.66. The van der Waals surface area contributed by atoms with Gasteiger partial charge >= 0.3 is 0 Å². The highest BCUT2D eigenvalue weighted by atomic mass is 16.5. The van der Waals surface area contributed by atoms with Crippen LogP contribution in [0.5, 0.6) is 5.75 Å². The van der Waals surface area contributed by atoms with Gasteiger partial charge in [0.25, 0.3) is 0 Å². The lowest BCUT2D eigenvalue weighted by atomic mass is 10.1. The second kappa shape index (κ2) is 7.93. The number of benzene rings is 1. The number of pyridine rings is 1. The predicted molar refractivity (Wildman–Crippen MR) is 102 cm³/mol. The van der Waals surface area contributed by atoms with E-state index in [1.165, 1.54) is 6.34 Å². The van der Waals surface area contributed by atoms with Crippen LogP contribution in [0.4, 0.5) is 17.5 Å². The SMILES string of the molecule is COc1ccc(-c2cnc(N)c(NCc3ccc(N=CN)nc3)n2)cc1. The molecule has 1 aromatic carbocycles.